The Morgan fingerprint density at radius 1 is 0.929 bits per heavy atom. The van der Waals surface area contributed by atoms with Crippen molar-refractivity contribution in [2.45, 2.75) is 0 Å². The van der Waals surface area contributed by atoms with Crippen LogP contribution in [0.5, 0.6) is 0 Å². The van der Waals surface area contributed by atoms with Crippen molar-refractivity contribution in [3.05, 3.63) is 77.2 Å². The summed E-state index contributed by atoms with van der Waals surface area (Å²) in [4.78, 5) is 25.5. The number of hydrogen-bond acceptors (Lipinski definition) is 5. The summed E-state index contributed by atoms with van der Waals surface area (Å²) in [6.07, 6.45) is 4.88. The minimum atomic E-state index is -0.208. The van der Waals surface area contributed by atoms with Crippen LogP contribution in [0.2, 0.25) is 0 Å². The van der Waals surface area contributed by atoms with E-state index in [2.05, 4.69) is 65.3 Å². The van der Waals surface area contributed by atoms with Crippen LogP contribution in [0, 0.1) is 0 Å². The van der Waals surface area contributed by atoms with Crippen molar-refractivity contribution in [3.63, 3.8) is 0 Å². The van der Waals surface area contributed by atoms with Gasteiger partial charge in [-0.25, -0.2) is 4.98 Å². The van der Waals surface area contributed by atoms with Crippen LogP contribution in [-0.2, 0) is 0 Å². The van der Waals surface area contributed by atoms with Crippen LogP contribution in [0.4, 0.5) is 17.2 Å². The van der Waals surface area contributed by atoms with Gasteiger partial charge in [-0.1, -0.05) is 18.2 Å². The fourth-order valence-electron chi connectivity index (χ4n) is 3.22. The number of nitrogens with one attached hydrogen (secondary N) is 1. The Hall–Kier alpha value is -2.93. The fourth-order valence-corrected chi connectivity index (χ4v) is 3.58. The van der Waals surface area contributed by atoms with Gasteiger partial charge in [-0.15, -0.1) is 0 Å². The molecule has 3 heterocycles. The van der Waals surface area contributed by atoms with Crippen LogP contribution in [0.1, 0.15) is 10.4 Å². The predicted octanol–water partition coefficient (Wildman–Crippen LogP) is 3.82. The normalized spacial score (nSPS) is 14.0. The van der Waals surface area contributed by atoms with Gasteiger partial charge < -0.3 is 15.1 Å². The summed E-state index contributed by atoms with van der Waals surface area (Å²) in [5.41, 5.74) is 2.42. The molecular weight excluding hydrogens is 418 g/mol. The Kier molecular flexibility index (Phi) is 5.53. The fraction of sp³-hybridized carbons (Fsp3) is 0.190. The molecule has 2 aromatic heterocycles. The molecule has 28 heavy (non-hydrogen) atoms. The van der Waals surface area contributed by atoms with Gasteiger partial charge in [-0.05, 0) is 46.3 Å². The zero-order chi connectivity index (χ0) is 19.3. The van der Waals surface area contributed by atoms with Gasteiger partial charge in [0, 0.05) is 48.7 Å². The molecule has 4 rings (SSSR count). The lowest BCUT2D eigenvalue weighted by molar-refractivity contribution is 0.102. The lowest BCUT2D eigenvalue weighted by atomic mass is 10.2. The lowest BCUT2D eigenvalue weighted by Gasteiger charge is -2.36. The highest BCUT2D eigenvalue weighted by Crippen LogP contribution is 2.20. The van der Waals surface area contributed by atoms with Gasteiger partial charge in [0.25, 0.3) is 5.91 Å². The Labute approximate surface area is 172 Å². The number of carbonyl (C=O) groups is 1. The van der Waals surface area contributed by atoms with Crippen LogP contribution in [-0.4, -0.2) is 42.1 Å². The molecular formula is C21H20BrN5O. The molecule has 0 atom stereocenters. The number of pyridine rings is 2. The maximum absolute atomic E-state index is 12.3. The molecule has 1 aliphatic rings. The number of hydrogen-bond donors (Lipinski definition) is 1. The largest absolute Gasteiger partial charge is 0.368 e. The number of para-hydroxylation sites is 1. The van der Waals surface area contributed by atoms with E-state index in [-0.39, 0.29) is 5.91 Å². The number of carbonyl (C=O) groups excluding carboxylic acids is 1. The third kappa shape index (κ3) is 4.31. The second-order valence-corrected chi connectivity index (χ2v) is 7.48. The first kappa shape index (κ1) is 18.4. The number of rotatable bonds is 4. The number of anilines is 3. The van der Waals surface area contributed by atoms with Crippen molar-refractivity contribution in [2.24, 2.45) is 0 Å². The first-order valence-electron chi connectivity index (χ1n) is 9.12. The molecule has 0 aliphatic carbocycles. The molecule has 0 unspecified atom stereocenters. The second-order valence-electron chi connectivity index (χ2n) is 6.56. The highest BCUT2D eigenvalue weighted by Gasteiger charge is 2.18. The minimum absolute atomic E-state index is 0.208. The zero-order valence-electron chi connectivity index (χ0n) is 15.3. The van der Waals surface area contributed by atoms with Crippen molar-refractivity contribution in [3.8, 4) is 0 Å². The van der Waals surface area contributed by atoms with Gasteiger partial charge >= 0.3 is 0 Å². The molecule has 0 saturated carbocycles. The molecule has 6 nitrogen and oxygen atoms in total. The van der Waals surface area contributed by atoms with Crippen molar-refractivity contribution < 1.29 is 4.79 Å². The molecule has 1 amide bonds. The number of aromatic nitrogens is 2. The molecule has 1 fully saturated rings. The van der Waals surface area contributed by atoms with Crippen LogP contribution in [0.25, 0.3) is 0 Å². The first-order valence-corrected chi connectivity index (χ1v) is 9.91. The maximum atomic E-state index is 12.3. The number of halogens is 1. The number of piperazine rings is 1. The number of nitrogens with zero attached hydrogens (tertiary/aromatic N) is 4. The van der Waals surface area contributed by atoms with Crippen molar-refractivity contribution in [1.29, 1.82) is 0 Å². The summed E-state index contributed by atoms with van der Waals surface area (Å²) >= 11 is 3.32. The van der Waals surface area contributed by atoms with Gasteiger partial charge in [-0.3, -0.25) is 9.78 Å². The standard InChI is InChI=1S/C21H20BrN5O/c22-17-12-16(13-23-14-17)21(28)25-18-6-7-20(24-15-18)27-10-8-26(9-11-27)19-4-2-1-3-5-19/h1-7,12-15H,8-11H2,(H,25,28). The molecule has 1 aromatic carbocycles. The lowest BCUT2D eigenvalue weighted by Crippen LogP contribution is -2.46. The smallest absolute Gasteiger partial charge is 0.257 e. The highest BCUT2D eigenvalue weighted by molar-refractivity contribution is 9.10. The van der Waals surface area contributed by atoms with Gasteiger partial charge in [-0.2, -0.15) is 0 Å². The molecule has 142 valence electrons. The molecule has 0 bridgehead atoms. The topological polar surface area (TPSA) is 61.4 Å². The minimum Gasteiger partial charge on any atom is -0.368 e. The van der Waals surface area contributed by atoms with Crippen molar-refractivity contribution >= 4 is 39.0 Å². The number of benzene rings is 1. The van der Waals surface area contributed by atoms with Gasteiger partial charge in [0.2, 0.25) is 0 Å². The zero-order valence-corrected chi connectivity index (χ0v) is 16.8. The van der Waals surface area contributed by atoms with Crippen LogP contribution in [0.3, 0.4) is 0 Å². The van der Waals surface area contributed by atoms with Gasteiger partial charge in [0.1, 0.15) is 5.82 Å². The Bertz CT molecular complexity index is 941. The second kappa shape index (κ2) is 8.39. The number of amides is 1. The Balaban J connectivity index is 1.35. The van der Waals surface area contributed by atoms with E-state index in [0.717, 1.165) is 36.5 Å². The molecule has 3 aromatic rings. The van der Waals surface area contributed by atoms with E-state index in [0.29, 0.717) is 11.3 Å². The van der Waals surface area contributed by atoms with Crippen LogP contribution < -0.4 is 15.1 Å². The van der Waals surface area contributed by atoms with Crippen LogP contribution in [0.15, 0.2) is 71.6 Å². The maximum Gasteiger partial charge on any atom is 0.257 e. The average molecular weight is 438 g/mol. The highest BCUT2D eigenvalue weighted by atomic mass is 79.9. The summed E-state index contributed by atoms with van der Waals surface area (Å²) in [7, 11) is 0. The SMILES string of the molecule is O=C(Nc1ccc(N2CCN(c3ccccc3)CC2)nc1)c1cncc(Br)c1. The summed E-state index contributed by atoms with van der Waals surface area (Å²) in [6.45, 7) is 3.74. The monoisotopic (exact) mass is 437 g/mol. The third-order valence-electron chi connectivity index (χ3n) is 4.70. The summed E-state index contributed by atoms with van der Waals surface area (Å²) in [6, 6.07) is 16.0. The molecule has 0 radical (unpaired) electrons. The van der Waals surface area contributed by atoms with Crippen molar-refractivity contribution in [2.75, 3.05) is 41.3 Å². The summed E-state index contributed by atoms with van der Waals surface area (Å²) in [5, 5.41) is 2.86. The quantitative estimate of drug-likeness (QED) is 0.671. The molecule has 1 saturated heterocycles. The first-order chi connectivity index (χ1) is 13.7. The van der Waals surface area contributed by atoms with E-state index in [4.69, 9.17) is 0 Å². The van der Waals surface area contributed by atoms with Gasteiger partial charge in [0.05, 0.1) is 17.4 Å². The van der Waals surface area contributed by atoms with E-state index < -0.39 is 0 Å². The average Bonchev–Trinajstić information content (AvgIpc) is 2.75. The Morgan fingerprint density at radius 2 is 1.68 bits per heavy atom. The van der Waals surface area contributed by atoms with E-state index in [1.54, 1.807) is 18.5 Å². The predicted molar refractivity (Wildman–Crippen MR) is 115 cm³/mol. The third-order valence-corrected chi connectivity index (χ3v) is 5.13. The van der Waals surface area contributed by atoms with Crippen LogP contribution >= 0.6 is 15.9 Å². The van der Waals surface area contributed by atoms with E-state index >= 15 is 0 Å². The molecule has 1 aliphatic heterocycles. The molecule has 0 spiro atoms. The molecule has 1 N–H and O–H groups in total. The van der Waals surface area contributed by atoms with E-state index in [1.807, 2.05) is 18.2 Å². The van der Waals surface area contributed by atoms with E-state index in [1.165, 1.54) is 11.9 Å². The van der Waals surface area contributed by atoms with Crippen molar-refractivity contribution in [1.82, 2.24) is 9.97 Å². The van der Waals surface area contributed by atoms with Gasteiger partial charge in [0.15, 0.2) is 0 Å². The summed E-state index contributed by atoms with van der Waals surface area (Å²) < 4.78 is 0.767. The van der Waals surface area contributed by atoms with E-state index in [9.17, 15) is 4.79 Å². The summed E-state index contributed by atoms with van der Waals surface area (Å²) in [5.74, 6) is 0.717. The molecule has 7 heteroatoms. The Morgan fingerprint density at radius 3 is 2.36 bits per heavy atom.